The van der Waals surface area contributed by atoms with Crippen LogP contribution in [-0.4, -0.2) is 39.0 Å². The molecule has 0 saturated heterocycles. The Morgan fingerprint density at radius 1 is 1.50 bits per heavy atom. The molecule has 0 saturated carbocycles. The van der Waals surface area contributed by atoms with Gasteiger partial charge in [0, 0.05) is 19.8 Å². The lowest BCUT2D eigenvalue weighted by Crippen LogP contribution is -2.25. The zero-order valence-electron chi connectivity index (χ0n) is 9.77. The third kappa shape index (κ3) is 3.69. The van der Waals surface area contributed by atoms with Crippen molar-refractivity contribution in [1.82, 2.24) is 4.98 Å². The summed E-state index contributed by atoms with van der Waals surface area (Å²) in [4.78, 5) is 5.94. The summed E-state index contributed by atoms with van der Waals surface area (Å²) in [7, 11) is -1.13. The highest BCUT2D eigenvalue weighted by Crippen LogP contribution is 2.15. The van der Waals surface area contributed by atoms with Crippen LogP contribution in [0.3, 0.4) is 0 Å². The number of nitrogens with zero attached hydrogens (tertiary/aromatic N) is 2. The molecule has 0 bridgehead atoms. The van der Waals surface area contributed by atoms with Crippen LogP contribution < -0.4 is 10.6 Å². The lowest BCUT2D eigenvalue weighted by atomic mass is 10.2. The number of nitrogens with two attached hydrogens (primary N) is 1. The Labute approximate surface area is 96.2 Å². The van der Waals surface area contributed by atoms with E-state index in [0.717, 1.165) is 11.4 Å². The van der Waals surface area contributed by atoms with Crippen LogP contribution in [0.25, 0.3) is 0 Å². The van der Waals surface area contributed by atoms with Gasteiger partial charge in [-0.2, -0.15) is 0 Å². The molecule has 0 fully saturated rings. The van der Waals surface area contributed by atoms with Gasteiger partial charge in [-0.3, -0.25) is 0 Å². The summed E-state index contributed by atoms with van der Waals surface area (Å²) in [6, 6.07) is 1.84. The zero-order chi connectivity index (χ0) is 12.3. The van der Waals surface area contributed by atoms with Crippen LogP contribution in [0.4, 0.5) is 11.5 Å². The average Bonchev–Trinajstić information content (AvgIpc) is 2.17. The van der Waals surface area contributed by atoms with Gasteiger partial charge >= 0.3 is 0 Å². The summed E-state index contributed by atoms with van der Waals surface area (Å²) in [5.41, 5.74) is 7.24. The van der Waals surface area contributed by atoms with Crippen LogP contribution in [-0.2, 0) is 9.84 Å². The summed E-state index contributed by atoms with van der Waals surface area (Å²) in [5, 5.41) is 0. The number of nitrogen functional groups attached to an aromatic ring is 1. The van der Waals surface area contributed by atoms with Crippen molar-refractivity contribution >= 4 is 21.3 Å². The minimum Gasteiger partial charge on any atom is -0.397 e. The first-order chi connectivity index (χ1) is 7.29. The normalized spacial score (nSPS) is 11.4. The second-order valence-corrected chi connectivity index (χ2v) is 6.21. The Morgan fingerprint density at radius 2 is 2.12 bits per heavy atom. The van der Waals surface area contributed by atoms with Gasteiger partial charge in [0.1, 0.15) is 15.7 Å². The van der Waals surface area contributed by atoms with Crippen molar-refractivity contribution in [1.29, 1.82) is 0 Å². The van der Waals surface area contributed by atoms with Crippen molar-refractivity contribution in [2.75, 3.05) is 36.2 Å². The van der Waals surface area contributed by atoms with Crippen LogP contribution >= 0.6 is 0 Å². The summed E-state index contributed by atoms with van der Waals surface area (Å²) in [5.74, 6) is 0.851. The van der Waals surface area contributed by atoms with Crippen molar-refractivity contribution in [3.63, 3.8) is 0 Å². The molecule has 5 nitrogen and oxygen atoms in total. The predicted octanol–water partition coefficient (Wildman–Crippen LogP) is 0.453. The first-order valence-corrected chi connectivity index (χ1v) is 6.96. The van der Waals surface area contributed by atoms with E-state index in [1.54, 1.807) is 11.1 Å². The molecule has 1 aromatic rings. The molecule has 0 aliphatic heterocycles. The molecule has 0 unspecified atom stereocenters. The molecule has 0 aliphatic rings. The smallest absolute Gasteiger partial charge is 0.149 e. The van der Waals surface area contributed by atoms with E-state index in [-0.39, 0.29) is 5.75 Å². The topological polar surface area (TPSA) is 76.3 Å². The molecule has 0 aliphatic carbocycles. The molecular formula is C10H17N3O2S. The standard InChI is InChI=1S/C10H17N3O2S/c1-8-6-10(12-7-9(8)11)13(2)4-5-16(3,14)15/h6-7H,4-5,11H2,1-3H3. The molecule has 0 radical (unpaired) electrons. The molecule has 0 amide bonds. The second kappa shape index (κ2) is 4.69. The monoisotopic (exact) mass is 243 g/mol. The van der Waals surface area contributed by atoms with Crippen LogP contribution in [0.2, 0.25) is 0 Å². The van der Waals surface area contributed by atoms with E-state index >= 15 is 0 Å². The maximum Gasteiger partial charge on any atom is 0.149 e. The van der Waals surface area contributed by atoms with Gasteiger partial charge in [0.2, 0.25) is 0 Å². The predicted molar refractivity (Wildman–Crippen MR) is 66.4 cm³/mol. The molecule has 1 aromatic heterocycles. The Balaban J connectivity index is 2.73. The van der Waals surface area contributed by atoms with Crippen LogP contribution in [0.1, 0.15) is 5.56 Å². The van der Waals surface area contributed by atoms with Crippen LogP contribution in [0, 0.1) is 6.92 Å². The van der Waals surface area contributed by atoms with Crippen molar-refractivity contribution < 1.29 is 8.42 Å². The molecule has 90 valence electrons. The summed E-state index contributed by atoms with van der Waals surface area (Å²) in [6.45, 7) is 2.32. The third-order valence-corrected chi connectivity index (χ3v) is 3.25. The molecule has 0 atom stereocenters. The Morgan fingerprint density at radius 3 is 2.62 bits per heavy atom. The van der Waals surface area contributed by atoms with E-state index in [1.165, 1.54) is 6.26 Å². The highest BCUT2D eigenvalue weighted by Gasteiger charge is 2.08. The molecule has 16 heavy (non-hydrogen) atoms. The fraction of sp³-hybridized carbons (Fsp3) is 0.500. The van der Waals surface area contributed by atoms with Gasteiger partial charge in [-0.15, -0.1) is 0 Å². The number of aromatic nitrogens is 1. The molecular weight excluding hydrogens is 226 g/mol. The molecule has 1 heterocycles. The van der Waals surface area contributed by atoms with Gasteiger partial charge in [-0.05, 0) is 18.6 Å². The van der Waals surface area contributed by atoms with Gasteiger partial charge in [-0.1, -0.05) is 0 Å². The van der Waals surface area contributed by atoms with Crippen molar-refractivity contribution in [2.24, 2.45) is 0 Å². The first kappa shape index (κ1) is 12.8. The van der Waals surface area contributed by atoms with Gasteiger partial charge in [0.25, 0.3) is 0 Å². The summed E-state index contributed by atoms with van der Waals surface area (Å²) < 4.78 is 22.0. The maximum atomic E-state index is 11.0. The fourth-order valence-corrected chi connectivity index (χ4v) is 1.78. The Hall–Kier alpha value is -1.30. The minimum atomic E-state index is -2.94. The molecule has 6 heteroatoms. The second-order valence-electron chi connectivity index (χ2n) is 3.95. The minimum absolute atomic E-state index is 0.120. The van der Waals surface area contributed by atoms with E-state index < -0.39 is 9.84 Å². The number of anilines is 2. The SMILES string of the molecule is Cc1cc(N(C)CCS(C)(=O)=O)ncc1N. The van der Waals surface area contributed by atoms with Crippen molar-refractivity contribution in [3.8, 4) is 0 Å². The van der Waals surface area contributed by atoms with E-state index in [9.17, 15) is 8.42 Å². The van der Waals surface area contributed by atoms with Crippen molar-refractivity contribution in [2.45, 2.75) is 6.92 Å². The quantitative estimate of drug-likeness (QED) is 0.831. The molecule has 1 rings (SSSR count). The van der Waals surface area contributed by atoms with Gasteiger partial charge in [0.05, 0.1) is 17.6 Å². The summed E-state index contributed by atoms with van der Waals surface area (Å²) in [6.07, 6.45) is 2.81. The number of rotatable bonds is 4. The lowest BCUT2D eigenvalue weighted by molar-refractivity contribution is 0.601. The molecule has 0 spiro atoms. The Kier molecular flexibility index (Phi) is 3.74. The van der Waals surface area contributed by atoms with Gasteiger partial charge in [0.15, 0.2) is 0 Å². The number of hydrogen-bond acceptors (Lipinski definition) is 5. The van der Waals surface area contributed by atoms with Crippen LogP contribution in [0.5, 0.6) is 0 Å². The van der Waals surface area contributed by atoms with Gasteiger partial charge < -0.3 is 10.6 Å². The Bertz CT molecular complexity index is 471. The average molecular weight is 243 g/mol. The fourth-order valence-electron chi connectivity index (χ4n) is 1.18. The van der Waals surface area contributed by atoms with Crippen molar-refractivity contribution in [3.05, 3.63) is 17.8 Å². The van der Waals surface area contributed by atoms with Gasteiger partial charge in [-0.25, -0.2) is 13.4 Å². The number of aryl methyl sites for hydroxylation is 1. The van der Waals surface area contributed by atoms with Crippen LogP contribution in [0.15, 0.2) is 12.3 Å². The molecule has 2 N–H and O–H groups in total. The number of sulfone groups is 1. The largest absolute Gasteiger partial charge is 0.397 e. The van der Waals surface area contributed by atoms with E-state index in [0.29, 0.717) is 12.2 Å². The van der Waals surface area contributed by atoms with E-state index in [1.807, 2.05) is 20.0 Å². The third-order valence-electron chi connectivity index (χ3n) is 2.33. The van der Waals surface area contributed by atoms with E-state index in [2.05, 4.69) is 4.98 Å². The molecule has 0 aromatic carbocycles. The summed E-state index contributed by atoms with van der Waals surface area (Å²) >= 11 is 0. The zero-order valence-corrected chi connectivity index (χ0v) is 10.6. The van der Waals surface area contributed by atoms with E-state index in [4.69, 9.17) is 5.73 Å². The highest BCUT2D eigenvalue weighted by atomic mass is 32.2. The maximum absolute atomic E-state index is 11.0. The first-order valence-electron chi connectivity index (χ1n) is 4.90. The highest BCUT2D eigenvalue weighted by molar-refractivity contribution is 7.90. The number of pyridine rings is 1. The number of hydrogen-bond donors (Lipinski definition) is 1. The lowest BCUT2D eigenvalue weighted by Gasteiger charge is -2.18.